The Morgan fingerprint density at radius 1 is 1.19 bits per heavy atom. The van der Waals surface area contributed by atoms with Crippen molar-refractivity contribution in [2.45, 2.75) is 13.5 Å². The highest BCUT2D eigenvalue weighted by Crippen LogP contribution is 2.22. The third-order valence-electron chi connectivity index (χ3n) is 3.37. The van der Waals surface area contributed by atoms with E-state index in [4.69, 9.17) is 11.6 Å². The number of carbonyl (C=O) groups is 1. The van der Waals surface area contributed by atoms with Gasteiger partial charge < -0.3 is 10.2 Å². The fourth-order valence-electron chi connectivity index (χ4n) is 2.16. The van der Waals surface area contributed by atoms with Crippen LogP contribution < -0.4 is 5.32 Å². The van der Waals surface area contributed by atoms with E-state index in [-0.39, 0.29) is 5.91 Å². The van der Waals surface area contributed by atoms with Crippen LogP contribution in [0, 0.1) is 6.92 Å². The summed E-state index contributed by atoms with van der Waals surface area (Å²) < 4.78 is 0. The summed E-state index contributed by atoms with van der Waals surface area (Å²) in [5.41, 5.74) is 3.67. The lowest BCUT2D eigenvalue weighted by molar-refractivity contribution is 0.0786. The number of nitrogens with one attached hydrogen (secondary N) is 1. The van der Waals surface area contributed by atoms with E-state index in [1.807, 2.05) is 37.3 Å². The van der Waals surface area contributed by atoms with Crippen LogP contribution in [-0.4, -0.2) is 24.9 Å². The van der Waals surface area contributed by atoms with Crippen molar-refractivity contribution in [3.05, 3.63) is 64.2 Å². The van der Waals surface area contributed by atoms with Crippen LogP contribution >= 0.6 is 11.6 Å². The molecule has 0 radical (unpaired) electrons. The molecule has 0 aliphatic rings. The van der Waals surface area contributed by atoms with E-state index in [9.17, 15) is 4.79 Å². The molecule has 2 rings (SSSR count). The largest absolute Gasteiger partial charge is 0.387 e. The quantitative estimate of drug-likeness (QED) is 0.927. The first-order valence-electron chi connectivity index (χ1n) is 6.79. The average Bonchev–Trinajstić information content (AvgIpc) is 2.48. The van der Waals surface area contributed by atoms with Crippen LogP contribution in [0.3, 0.4) is 0 Å². The summed E-state index contributed by atoms with van der Waals surface area (Å²) in [5.74, 6) is -0.0533. The van der Waals surface area contributed by atoms with Gasteiger partial charge in [0.2, 0.25) is 0 Å². The summed E-state index contributed by atoms with van der Waals surface area (Å²) in [5, 5.41) is 3.58. The minimum absolute atomic E-state index is 0.0533. The fraction of sp³-hybridized carbons (Fsp3) is 0.235. The van der Waals surface area contributed by atoms with Gasteiger partial charge in [-0.3, -0.25) is 4.79 Å². The maximum Gasteiger partial charge on any atom is 0.256 e. The molecule has 21 heavy (non-hydrogen) atoms. The van der Waals surface area contributed by atoms with Gasteiger partial charge in [-0.2, -0.15) is 0 Å². The number of amides is 1. The molecule has 0 atom stereocenters. The number of rotatable bonds is 4. The van der Waals surface area contributed by atoms with Crippen LogP contribution in [0.1, 0.15) is 21.5 Å². The molecular formula is C17H19ClN2O. The van der Waals surface area contributed by atoms with Gasteiger partial charge in [-0.15, -0.1) is 0 Å². The van der Waals surface area contributed by atoms with Gasteiger partial charge in [0.05, 0.1) is 5.56 Å². The molecule has 4 heteroatoms. The Labute approximate surface area is 130 Å². The van der Waals surface area contributed by atoms with Crippen LogP contribution in [0.4, 0.5) is 5.69 Å². The summed E-state index contributed by atoms with van der Waals surface area (Å²) in [4.78, 5) is 14.3. The van der Waals surface area contributed by atoms with E-state index in [1.54, 1.807) is 31.1 Å². The minimum Gasteiger partial charge on any atom is -0.387 e. The zero-order chi connectivity index (χ0) is 15.4. The predicted octanol–water partition coefficient (Wildman–Crippen LogP) is 3.96. The topological polar surface area (TPSA) is 32.3 Å². The van der Waals surface area contributed by atoms with Gasteiger partial charge in [-0.25, -0.2) is 0 Å². The monoisotopic (exact) mass is 302 g/mol. The molecule has 0 saturated heterocycles. The third-order valence-corrected chi connectivity index (χ3v) is 3.60. The lowest BCUT2D eigenvalue weighted by atomic mass is 10.1. The first kappa shape index (κ1) is 15.4. The normalized spacial score (nSPS) is 10.3. The Morgan fingerprint density at radius 3 is 2.48 bits per heavy atom. The van der Waals surface area contributed by atoms with Gasteiger partial charge in [0, 0.05) is 31.4 Å². The molecule has 0 aliphatic carbocycles. The minimum atomic E-state index is -0.0533. The fourth-order valence-corrected chi connectivity index (χ4v) is 2.33. The number of nitrogens with zero attached hydrogens (tertiary/aromatic N) is 1. The average molecular weight is 303 g/mol. The molecule has 3 nitrogen and oxygen atoms in total. The van der Waals surface area contributed by atoms with Crippen LogP contribution in [0.25, 0.3) is 0 Å². The van der Waals surface area contributed by atoms with Gasteiger partial charge in [0.1, 0.15) is 0 Å². The van der Waals surface area contributed by atoms with Crippen molar-refractivity contribution in [3.8, 4) is 0 Å². The van der Waals surface area contributed by atoms with Crippen LogP contribution in [0.2, 0.25) is 5.02 Å². The molecule has 0 unspecified atom stereocenters. The van der Waals surface area contributed by atoms with Gasteiger partial charge in [-0.05, 0) is 30.7 Å². The Hall–Kier alpha value is -2.00. The molecule has 0 fully saturated rings. The van der Waals surface area contributed by atoms with Crippen molar-refractivity contribution in [1.82, 2.24) is 4.90 Å². The van der Waals surface area contributed by atoms with Gasteiger partial charge >= 0.3 is 0 Å². The van der Waals surface area contributed by atoms with Crippen molar-refractivity contribution in [2.24, 2.45) is 0 Å². The van der Waals surface area contributed by atoms with E-state index >= 15 is 0 Å². The lowest BCUT2D eigenvalue weighted by Crippen LogP contribution is -2.26. The Morgan fingerprint density at radius 2 is 1.86 bits per heavy atom. The Kier molecular flexibility index (Phi) is 4.86. The molecule has 0 heterocycles. The highest BCUT2D eigenvalue weighted by atomic mass is 35.5. The zero-order valence-electron chi connectivity index (χ0n) is 12.5. The predicted molar refractivity (Wildman–Crippen MR) is 88.0 cm³/mol. The van der Waals surface area contributed by atoms with Gasteiger partial charge in [0.25, 0.3) is 5.91 Å². The number of halogens is 1. The second-order valence-electron chi connectivity index (χ2n) is 5.09. The van der Waals surface area contributed by atoms with E-state index in [0.29, 0.717) is 17.1 Å². The van der Waals surface area contributed by atoms with Crippen LogP contribution in [0.5, 0.6) is 0 Å². The molecule has 1 amide bonds. The molecule has 0 aliphatic heterocycles. The number of anilines is 1. The van der Waals surface area contributed by atoms with E-state index in [0.717, 1.165) is 11.3 Å². The molecule has 1 N–H and O–H groups in total. The summed E-state index contributed by atoms with van der Waals surface area (Å²) in [6, 6.07) is 13.4. The number of hydrogen-bond acceptors (Lipinski definition) is 2. The van der Waals surface area contributed by atoms with E-state index in [2.05, 4.69) is 5.32 Å². The summed E-state index contributed by atoms with van der Waals surface area (Å²) in [6.07, 6.45) is 0. The first-order valence-corrected chi connectivity index (χ1v) is 7.17. The van der Waals surface area contributed by atoms with Crippen molar-refractivity contribution in [1.29, 1.82) is 0 Å². The summed E-state index contributed by atoms with van der Waals surface area (Å²) in [7, 11) is 3.59. The molecule has 0 bridgehead atoms. The molecule has 0 saturated carbocycles. The zero-order valence-corrected chi connectivity index (χ0v) is 13.2. The van der Waals surface area contributed by atoms with Gasteiger partial charge in [-0.1, -0.05) is 41.4 Å². The molecule has 110 valence electrons. The Balaban J connectivity index is 2.19. The van der Waals surface area contributed by atoms with E-state index in [1.165, 1.54) is 5.56 Å². The number of benzene rings is 2. The van der Waals surface area contributed by atoms with Crippen molar-refractivity contribution in [2.75, 3.05) is 19.4 Å². The second kappa shape index (κ2) is 6.64. The molecule has 2 aromatic rings. The standard InChI is InChI=1S/C17H19ClN2O/c1-12-4-6-13(7-5-12)11-20(3)17(21)15-10-14(18)8-9-16(15)19-2/h4-10,19H,11H2,1-3H3. The highest BCUT2D eigenvalue weighted by molar-refractivity contribution is 6.31. The molecular weight excluding hydrogens is 284 g/mol. The SMILES string of the molecule is CNc1ccc(Cl)cc1C(=O)N(C)Cc1ccc(C)cc1. The molecule has 2 aromatic carbocycles. The second-order valence-corrected chi connectivity index (χ2v) is 5.52. The third kappa shape index (κ3) is 3.76. The van der Waals surface area contributed by atoms with Crippen LogP contribution in [0.15, 0.2) is 42.5 Å². The number of aryl methyl sites for hydroxylation is 1. The van der Waals surface area contributed by atoms with Crippen molar-refractivity contribution < 1.29 is 4.79 Å². The van der Waals surface area contributed by atoms with Crippen molar-refractivity contribution in [3.63, 3.8) is 0 Å². The van der Waals surface area contributed by atoms with Gasteiger partial charge in [0.15, 0.2) is 0 Å². The smallest absolute Gasteiger partial charge is 0.256 e. The first-order chi connectivity index (χ1) is 10.0. The van der Waals surface area contributed by atoms with E-state index < -0.39 is 0 Å². The Bertz CT molecular complexity index is 638. The number of carbonyl (C=O) groups excluding carboxylic acids is 1. The molecule has 0 aromatic heterocycles. The maximum atomic E-state index is 12.6. The number of hydrogen-bond donors (Lipinski definition) is 1. The maximum absolute atomic E-state index is 12.6. The lowest BCUT2D eigenvalue weighted by Gasteiger charge is -2.19. The highest BCUT2D eigenvalue weighted by Gasteiger charge is 2.16. The summed E-state index contributed by atoms with van der Waals surface area (Å²) >= 11 is 6.00. The van der Waals surface area contributed by atoms with Crippen LogP contribution in [-0.2, 0) is 6.54 Å². The summed E-state index contributed by atoms with van der Waals surface area (Å²) in [6.45, 7) is 2.61. The van der Waals surface area contributed by atoms with Crippen molar-refractivity contribution >= 4 is 23.2 Å². The molecule has 0 spiro atoms.